The summed E-state index contributed by atoms with van der Waals surface area (Å²) in [4.78, 5) is 12.0. The van der Waals surface area contributed by atoms with Crippen LogP contribution in [0.4, 0.5) is 4.79 Å². The molecule has 0 fully saturated rings. The lowest BCUT2D eigenvalue weighted by Gasteiger charge is -2.08. The molecule has 0 radical (unpaired) electrons. The van der Waals surface area contributed by atoms with Crippen molar-refractivity contribution in [1.82, 2.24) is 5.32 Å². The molecule has 0 unspecified atom stereocenters. The number of amides is 1. The van der Waals surface area contributed by atoms with E-state index >= 15 is 0 Å². The molecule has 2 aromatic rings. The average Bonchev–Trinajstić information content (AvgIpc) is 2.49. The van der Waals surface area contributed by atoms with Crippen molar-refractivity contribution in [3.05, 3.63) is 60.2 Å². The van der Waals surface area contributed by atoms with Crippen LogP contribution >= 0.6 is 12.2 Å². The highest BCUT2D eigenvalue weighted by Crippen LogP contribution is 2.17. The van der Waals surface area contributed by atoms with Crippen molar-refractivity contribution in [3.8, 4) is 11.5 Å². The molecule has 0 bridgehead atoms. The van der Waals surface area contributed by atoms with E-state index in [4.69, 9.17) is 21.7 Å². The average molecular weight is 287 g/mol. The van der Waals surface area contributed by atoms with Crippen molar-refractivity contribution in [1.29, 1.82) is 0 Å². The fourth-order valence-electron chi connectivity index (χ4n) is 1.53. The molecule has 2 aromatic carbocycles. The van der Waals surface area contributed by atoms with Gasteiger partial charge in [-0.15, -0.1) is 0 Å². The molecule has 0 aliphatic heterocycles. The third-order valence-corrected chi connectivity index (χ3v) is 2.86. The standard InChI is InChI=1S/C15H13NO3S/c1-18-12-7-9-13(10-8-12)19-15(17)16-14(20)11-5-3-2-4-6-11/h2-10H,1H3,(H,16,17,20). The fraction of sp³-hybridized carbons (Fsp3) is 0.0667. The van der Waals surface area contributed by atoms with E-state index in [-0.39, 0.29) is 0 Å². The van der Waals surface area contributed by atoms with Gasteiger partial charge >= 0.3 is 6.09 Å². The molecule has 102 valence electrons. The number of carbonyl (C=O) groups excluding carboxylic acids is 1. The molecule has 4 nitrogen and oxygen atoms in total. The number of ether oxygens (including phenoxy) is 2. The Kier molecular flexibility index (Phi) is 4.68. The minimum absolute atomic E-state index is 0.323. The lowest BCUT2D eigenvalue weighted by atomic mass is 10.2. The van der Waals surface area contributed by atoms with Gasteiger partial charge in [0.1, 0.15) is 16.5 Å². The zero-order valence-corrected chi connectivity index (χ0v) is 11.6. The van der Waals surface area contributed by atoms with Crippen molar-refractivity contribution in [2.45, 2.75) is 0 Å². The van der Waals surface area contributed by atoms with E-state index in [1.807, 2.05) is 30.3 Å². The van der Waals surface area contributed by atoms with E-state index in [1.54, 1.807) is 31.4 Å². The molecule has 0 saturated heterocycles. The topological polar surface area (TPSA) is 47.6 Å². The molecule has 0 aliphatic carbocycles. The molecular weight excluding hydrogens is 274 g/mol. The van der Waals surface area contributed by atoms with Gasteiger partial charge in [0.15, 0.2) is 0 Å². The fourth-order valence-corrected chi connectivity index (χ4v) is 1.75. The van der Waals surface area contributed by atoms with Crippen molar-refractivity contribution >= 4 is 23.3 Å². The van der Waals surface area contributed by atoms with Gasteiger partial charge in [-0.2, -0.15) is 0 Å². The van der Waals surface area contributed by atoms with Gasteiger partial charge in [0, 0.05) is 5.56 Å². The molecule has 1 N–H and O–H groups in total. The number of carbonyl (C=O) groups is 1. The smallest absolute Gasteiger partial charge is 0.417 e. The van der Waals surface area contributed by atoms with Crippen molar-refractivity contribution in [3.63, 3.8) is 0 Å². The van der Waals surface area contributed by atoms with Crippen LogP contribution in [-0.2, 0) is 0 Å². The van der Waals surface area contributed by atoms with Gasteiger partial charge in [-0.25, -0.2) is 4.79 Å². The molecule has 2 rings (SSSR count). The normalized spacial score (nSPS) is 9.65. The molecule has 20 heavy (non-hydrogen) atoms. The van der Waals surface area contributed by atoms with Crippen LogP contribution < -0.4 is 14.8 Å². The number of benzene rings is 2. The maximum atomic E-state index is 11.7. The number of hydrogen-bond donors (Lipinski definition) is 1. The Morgan fingerprint density at radius 3 is 2.20 bits per heavy atom. The third-order valence-electron chi connectivity index (χ3n) is 2.52. The van der Waals surface area contributed by atoms with Crippen molar-refractivity contribution in [2.75, 3.05) is 7.11 Å². The molecule has 0 spiro atoms. The lowest BCUT2D eigenvalue weighted by molar-refractivity contribution is 0.206. The van der Waals surface area contributed by atoms with Gasteiger partial charge < -0.3 is 9.47 Å². The van der Waals surface area contributed by atoms with Gasteiger partial charge in [0.2, 0.25) is 0 Å². The lowest BCUT2D eigenvalue weighted by Crippen LogP contribution is -2.32. The number of nitrogens with one attached hydrogen (secondary N) is 1. The molecule has 0 aliphatic rings. The van der Waals surface area contributed by atoms with E-state index in [9.17, 15) is 4.79 Å². The Bertz CT molecular complexity index is 596. The number of methoxy groups -OCH3 is 1. The monoisotopic (exact) mass is 287 g/mol. The summed E-state index contributed by atoms with van der Waals surface area (Å²) in [6.07, 6.45) is -0.621. The summed E-state index contributed by atoms with van der Waals surface area (Å²) >= 11 is 5.12. The molecule has 0 heterocycles. The zero-order chi connectivity index (χ0) is 14.4. The Morgan fingerprint density at radius 1 is 1.00 bits per heavy atom. The van der Waals surface area contributed by atoms with E-state index in [1.165, 1.54) is 0 Å². The first-order valence-corrected chi connectivity index (χ1v) is 6.32. The molecule has 0 saturated carbocycles. The molecular formula is C15H13NO3S. The predicted octanol–water partition coefficient (Wildman–Crippen LogP) is 3.16. The highest BCUT2D eigenvalue weighted by atomic mass is 32.1. The zero-order valence-electron chi connectivity index (χ0n) is 10.8. The first kappa shape index (κ1) is 14.0. The number of rotatable bonds is 3. The van der Waals surface area contributed by atoms with E-state index in [0.717, 1.165) is 5.56 Å². The minimum Gasteiger partial charge on any atom is -0.497 e. The number of thiocarbonyl (C=S) groups is 1. The quantitative estimate of drug-likeness (QED) is 0.881. The van der Waals surface area contributed by atoms with Crippen LogP contribution in [0.25, 0.3) is 0 Å². The van der Waals surface area contributed by atoms with E-state index < -0.39 is 6.09 Å². The summed E-state index contributed by atoms with van der Waals surface area (Å²) in [6, 6.07) is 15.9. The second-order valence-electron chi connectivity index (χ2n) is 3.89. The minimum atomic E-state index is -0.621. The van der Waals surface area contributed by atoms with Crippen molar-refractivity contribution in [2.24, 2.45) is 0 Å². The Hall–Kier alpha value is -2.40. The molecule has 1 amide bonds. The Labute approximate surface area is 122 Å². The first-order chi connectivity index (χ1) is 9.69. The van der Waals surface area contributed by atoms with Gasteiger partial charge in [0.25, 0.3) is 0 Å². The van der Waals surface area contributed by atoms with Crippen LogP contribution in [-0.4, -0.2) is 18.2 Å². The maximum Gasteiger partial charge on any atom is 0.417 e. The highest BCUT2D eigenvalue weighted by Gasteiger charge is 2.08. The van der Waals surface area contributed by atoms with Gasteiger partial charge in [-0.05, 0) is 24.3 Å². The largest absolute Gasteiger partial charge is 0.497 e. The summed E-state index contributed by atoms with van der Waals surface area (Å²) in [7, 11) is 1.57. The third kappa shape index (κ3) is 3.80. The van der Waals surface area contributed by atoms with Crippen LogP contribution in [0.15, 0.2) is 54.6 Å². The van der Waals surface area contributed by atoms with E-state index in [0.29, 0.717) is 16.5 Å². The Balaban J connectivity index is 1.93. The summed E-state index contributed by atoms with van der Waals surface area (Å²) < 4.78 is 10.1. The van der Waals surface area contributed by atoms with Crippen LogP contribution in [0.2, 0.25) is 0 Å². The van der Waals surface area contributed by atoms with Gasteiger partial charge in [-0.3, -0.25) is 5.32 Å². The summed E-state index contributed by atoms with van der Waals surface area (Å²) in [5.41, 5.74) is 0.759. The number of hydrogen-bond acceptors (Lipinski definition) is 4. The molecule has 0 aromatic heterocycles. The maximum absolute atomic E-state index is 11.7. The second kappa shape index (κ2) is 6.68. The van der Waals surface area contributed by atoms with Crippen LogP contribution in [0, 0.1) is 0 Å². The van der Waals surface area contributed by atoms with Crippen LogP contribution in [0.5, 0.6) is 11.5 Å². The Morgan fingerprint density at radius 2 is 1.60 bits per heavy atom. The van der Waals surface area contributed by atoms with Gasteiger partial charge in [-0.1, -0.05) is 42.5 Å². The molecule has 5 heteroatoms. The SMILES string of the molecule is COc1ccc(OC(=O)NC(=S)c2ccccc2)cc1. The second-order valence-corrected chi connectivity index (χ2v) is 4.29. The van der Waals surface area contributed by atoms with E-state index in [2.05, 4.69) is 5.32 Å². The summed E-state index contributed by atoms with van der Waals surface area (Å²) in [6.45, 7) is 0. The van der Waals surface area contributed by atoms with Crippen LogP contribution in [0.3, 0.4) is 0 Å². The van der Waals surface area contributed by atoms with Crippen molar-refractivity contribution < 1.29 is 14.3 Å². The van der Waals surface area contributed by atoms with Gasteiger partial charge in [0.05, 0.1) is 7.11 Å². The summed E-state index contributed by atoms with van der Waals surface area (Å²) in [5.74, 6) is 1.11. The summed E-state index contributed by atoms with van der Waals surface area (Å²) in [5, 5.41) is 2.51. The molecule has 0 atom stereocenters. The predicted molar refractivity (Wildman–Crippen MR) is 80.3 cm³/mol. The van der Waals surface area contributed by atoms with Crippen LogP contribution in [0.1, 0.15) is 5.56 Å². The highest BCUT2D eigenvalue weighted by molar-refractivity contribution is 7.80. The first-order valence-electron chi connectivity index (χ1n) is 5.91.